The van der Waals surface area contributed by atoms with E-state index < -0.39 is 0 Å². The maximum Gasteiger partial charge on any atom is 0.0645 e. The molecule has 1 N–H and O–H groups in total. The van der Waals surface area contributed by atoms with E-state index in [9.17, 15) is 0 Å². The molecule has 0 radical (unpaired) electrons. The molecule has 1 fully saturated rings. The number of morpholine rings is 1. The number of ether oxygens (including phenoxy) is 1. The largest absolute Gasteiger partial charge is 0.378 e. The van der Waals surface area contributed by atoms with Gasteiger partial charge in [-0.1, -0.05) is 37.3 Å². The van der Waals surface area contributed by atoms with Crippen LogP contribution in [-0.2, 0) is 4.74 Å². The lowest BCUT2D eigenvalue weighted by atomic mass is 9.99. The first-order valence-corrected chi connectivity index (χ1v) is 7.74. The maximum atomic E-state index is 5.62. The van der Waals surface area contributed by atoms with E-state index in [0.717, 1.165) is 39.3 Å². The van der Waals surface area contributed by atoms with Crippen LogP contribution in [0.4, 0.5) is 0 Å². The third kappa shape index (κ3) is 4.05. The van der Waals surface area contributed by atoms with Gasteiger partial charge in [0.25, 0.3) is 0 Å². The summed E-state index contributed by atoms with van der Waals surface area (Å²) in [6.07, 6.45) is 1.16. The number of rotatable bonds is 6. The van der Waals surface area contributed by atoms with Crippen molar-refractivity contribution in [3.05, 3.63) is 35.9 Å². The van der Waals surface area contributed by atoms with E-state index in [-0.39, 0.29) is 5.54 Å². The molecule has 20 heavy (non-hydrogen) atoms. The summed E-state index contributed by atoms with van der Waals surface area (Å²) >= 11 is 0. The zero-order chi connectivity index (χ0) is 14.4. The Kier molecular flexibility index (Phi) is 5.58. The minimum absolute atomic E-state index is 0.124. The summed E-state index contributed by atoms with van der Waals surface area (Å²) in [7, 11) is 0. The lowest BCUT2D eigenvalue weighted by molar-refractivity contribution is -0.0546. The Bertz CT molecular complexity index is 391. The van der Waals surface area contributed by atoms with Crippen molar-refractivity contribution in [3.8, 4) is 0 Å². The van der Waals surface area contributed by atoms with Crippen LogP contribution in [0.3, 0.4) is 0 Å². The Balaban J connectivity index is 2.07. The highest BCUT2D eigenvalue weighted by atomic mass is 16.5. The molecule has 1 heterocycles. The molecule has 0 saturated carbocycles. The van der Waals surface area contributed by atoms with Crippen molar-refractivity contribution >= 4 is 0 Å². The van der Waals surface area contributed by atoms with Crippen LogP contribution in [0.2, 0.25) is 0 Å². The molecule has 1 atom stereocenters. The van der Waals surface area contributed by atoms with Crippen LogP contribution in [0.15, 0.2) is 30.3 Å². The normalized spacial score (nSPS) is 20.8. The summed E-state index contributed by atoms with van der Waals surface area (Å²) in [5.41, 5.74) is 1.50. The van der Waals surface area contributed by atoms with Gasteiger partial charge >= 0.3 is 0 Å². The molecule has 1 saturated heterocycles. The van der Waals surface area contributed by atoms with Gasteiger partial charge in [0.2, 0.25) is 0 Å². The first-order chi connectivity index (χ1) is 9.63. The molecule has 0 amide bonds. The summed E-state index contributed by atoms with van der Waals surface area (Å²) in [5.74, 6) is 0. The fourth-order valence-electron chi connectivity index (χ4n) is 2.74. The van der Waals surface area contributed by atoms with Crippen molar-refractivity contribution in [2.45, 2.75) is 38.8 Å². The van der Waals surface area contributed by atoms with Gasteiger partial charge < -0.3 is 10.1 Å². The van der Waals surface area contributed by atoms with Crippen LogP contribution < -0.4 is 5.32 Å². The van der Waals surface area contributed by atoms with E-state index in [1.165, 1.54) is 5.56 Å². The van der Waals surface area contributed by atoms with Crippen LogP contribution in [0, 0.1) is 0 Å². The van der Waals surface area contributed by atoms with Gasteiger partial charge in [0.1, 0.15) is 0 Å². The van der Waals surface area contributed by atoms with Crippen LogP contribution in [0.5, 0.6) is 0 Å². The summed E-state index contributed by atoms with van der Waals surface area (Å²) in [6, 6.07) is 11.2. The summed E-state index contributed by atoms with van der Waals surface area (Å²) in [4.78, 5) is 2.55. The quantitative estimate of drug-likeness (QED) is 0.864. The average Bonchev–Trinajstić information content (AvgIpc) is 2.46. The highest BCUT2D eigenvalue weighted by molar-refractivity contribution is 5.19. The second kappa shape index (κ2) is 7.21. The molecule has 0 bridgehead atoms. The highest BCUT2D eigenvalue weighted by Gasteiger charge is 2.32. The first-order valence-electron chi connectivity index (χ1n) is 7.74. The molecule has 3 nitrogen and oxygen atoms in total. The van der Waals surface area contributed by atoms with Gasteiger partial charge in [-0.2, -0.15) is 0 Å². The van der Waals surface area contributed by atoms with Crippen molar-refractivity contribution in [3.63, 3.8) is 0 Å². The number of benzene rings is 1. The summed E-state index contributed by atoms with van der Waals surface area (Å²) in [6.45, 7) is 11.5. The van der Waals surface area contributed by atoms with Gasteiger partial charge in [-0.25, -0.2) is 0 Å². The van der Waals surface area contributed by atoms with E-state index in [2.05, 4.69) is 61.3 Å². The number of nitrogens with one attached hydrogen (secondary N) is 1. The molecule has 0 spiro atoms. The zero-order valence-corrected chi connectivity index (χ0v) is 13.1. The minimum atomic E-state index is 0.124. The molecule has 1 aliphatic heterocycles. The van der Waals surface area contributed by atoms with Crippen molar-refractivity contribution in [1.82, 2.24) is 10.2 Å². The Hall–Kier alpha value is -0.900. The van der Waals surface area contributed by atoms with Gasteiger partial charge in [0.05, 0.1) is 13.2 Å². The third-order valence-electron chi connectivity index (χ3n) is 4.06. The van der Waals surface area contributed by atoms with Crippen molar-refractivity contribution in [2.24, 2.45) is 0 Å². The Morgan fingerprint density at radius 2 is 2.05 bits per heavy atom. The molecule has 1 unspecified atom stereocenters. The third-order valence-corrected chi connectivity index (χ3v) is 4.06. The molecule has 1 aromatic carbocycles. The highest BCUT2D eigenvalue weighted by Crippen LogP contribution is 2.23. The van der Waals surface area contributed by atoms with Gasteiger partial charge in [-0.3, -0.25) is 4.90 Å². The van der Waals surface area contributed by atoms with E-state index in [1.807, 2.05) is 0 Å². The second-order valence-electron chi connectivity index (χ2n) is 6.23. The van der Waals surface area contributed by atoms with Gasteiger partial charge in [0, 0.05) is 24.7 Å². The number of nitrogens with zero attached hydrogens (tertiary/aromatic N) is 1. The predicted octanol–water partition coefficient (Wildman–Crippen LogP) is 2.84. The smallest absolute Gasteiger partial charge is 0.0645 e. The van der Waals surface area contributed by atoms with Crippen molar-refractivity contribution in [1.29, 1.82) is 0 Å². The van der Waals surface area contributed by atoms with Gasteiger partial charge in [-0.15, -0.1) is 0 Å². The number of hydrogen-bond donors (Lipinski definition) is 1. The van der Waals surface area contributed by atoms with Crippen LogP contribution in [0.1, 0.15) is 38.8 Å². The fourth-order valence-corrected chi connectivity index (χ4v) is 2.74. The van der Waals surface area contributed by atoms with Crippen molar-refractivity contribution in [2.75, 3.05) is 32.8 Å². The summed E-state index contributed by atoms with van der Waals surface area (Å²) in [5, 5.41) is 3.69. The molecular formula is C17H28N2O. The van der Waals surface area contributed by atoms with Gasteiger partial charge in [0.15, 0.2) is 0 Å². The molecule has 0 aromatic heterocycles. The van der Waals surface area contributed by atoms with E-state index >= 15 is 0 Å². The first kappa shape index (κ1) is 15.5. The number of hydrogen-bond acceptors (Lipinski definition) is 3. The molecule has 0 aliphatic carbocycles. The van der Waals surface area contributed by atoms with E-state index in [4.69, 9.17) is 4.74 Å². The lowest BCUT2D eigenvalue weighted by Gasteiger charge is -2.43. The van der Waals surface area contributed by atoms with E-state index in [1.54, 1.807) is 0 Å². The fraction of sp³-hybridized carbons (Fsp3) is 0.647. The van der Waals surface area contributed by atoms with Crippen LogP contribution in [-0.4, -0.2) is 43.3 Å². The molecule has 112 valence electrons. The average molecular weight is 276 g/mol. The predicted molar refractivity (Wildman–Crippen MR) is 83.9 cm³/mol. The Labute approximate surface area is 123 Å². The topological polar surface area (TPSA) is 24.5 Å². The Morgan fingerprint density at radius 1 is 1.30 bits per heavy atom. The zero-order valence-electron chi connectivity index (χ0n) is 13.1. The monoisotopic (exact) mass is 276 g/mol. The SMILES string of the molecule is CCCNC(CN1CCOCC1(C)C)c1ccccc1. The lowest BCUT2D eigenvalue weighted by Crippen LogP contribution is -2.55. The van der Waals surface area contributed by atoms with E-state index in [0.29, 0.717) is 6.04 Å². The molecule has 3 heteroatoms. The molecular weight excluding hydrogens is 248 g/mol. The maximum absolute atomic E-state index is 5.62. The molecule has 1 aromatic rings. The van der Waals surface area contributed by atoms with Crippen LogP contribution >= 0.6 is 0 Å². The molecule has 1 aliphatic rings. The van der Waals surface area contributed by atoms with Crippen LogP contribution in [0.25, 0.3) is 0 Å². The van der Waals surface area contributed by atoms with Crippen molar-refractivity contribution < 1.29 is 4.74 Å². The standard InChI is InChI=1S/C17H28N2O/c1-4-10-18-16(15-8-6-5-7-9-15)13-19-11-12-20-14-17(19,2)3/h5-9,16,18H,4,10-14H2,1-3H3. The molecule has 2 rings (SSSR count). The Morgan fingerprint density at radius 3 is 2.70 bits per heavy atom. The summed E-state index contributed by atoms with van der Waals surface area (Å²) < 4.78 is 5.62. The van der Waals surface area contributed by atoms with Gasteiger partial charge in [-0.05, 0) is 32.4 Å². The second-order valence-corrected chi connectivity index (χ2v) is 6.23. The minimum Gasteiger partial charge on any atom is -0.378 e.